The molecule has 4 nitrogen and oxygen atoms in total. The van der Waals surface area contributed by atoms with Crippen molar-refractivity contribution in [1.82, 2.24) is 10.3 Å². The number of thiazole rings is 1. The fourth-order valence-electron chi connectivity index (χ4n) is 2.12. The van der Waals surface area contributed by atoms with Crippen molar-refractivity contribution in [2.24, 2.45) is 0 Å². The summed E-state index contributed by atoms with van der Waals surface area (Å²) in [6.45, 7) is 4.03. The molecule has 0 bridgehead atoms. The predicted octanol–water partition coefficient (Wildman–Crippen LogP) is 2.80. The first-order valence-electron chi connectivity index (χ1n) is 7.60. The number of hydrogen-bond acceptors (Lipinski definition) is 4. The zero-order valence-corrected chi connectivity index (χ0v) is 13.8. The SMILES string of the molecule is CCc1ccc(-c2nc(CC(=O)NC(CC)CO)cs2)cc1. The molecular weight excluding hydrogens is 296 g/mol. The van der Waals surface area contributed by atoms with Gasteiger partial charge in [-0.1, -0.05) is 38.1 Å². The largest absolute Gasteiger partial charge is 0.394 e. The number of carbonyl (C=O) groups is 1. The Morgan fingerprint density at radius 3 is 2.64 bits per heavy atom. The number of aromatic nitrogens is 1. The van der Waals surface area contributed by atoms with Crippen molar-refractivity contribution in [1.29, 1.82) is 0 Å². The monoisotopic (exact) mass is 318 g/mol. The van der Waals surface area contributed by atoms with Crippen LogP contribution in [0.2, 0.25) is 0 Å². The summed E-state index contributed by atoms with van der Waals surface area (Å²) in [4.78, 5) is 16.4. The van der Waals surface area contributed by atoms with Crippen LogP contribution in [0.15, 0.2) is 29.6 Å². The van der Waals surface area contributed by atoms with Crippen molar-refractivity contribution in [3.63, 3.8) is 0 Å². The van der Waals surface area contributed by atoms with Gasteiger partial charge in [0.05, 0.1) is 24.8 Å². The van der Waals surface area contributed by atoms with Crippen molar-refractivity contribution < 1.29 is 9.90 Å². The van der Waals surface area contributed by atoms with E-state index in [-0.39, 0.29) is 25.0 Å². The quantitative estimate of drug-likeness (QED) is 0.825. The standard InChI is InChI=1S/C17H22N2O2S/c1-3-12-5-7-13(8-6-12)17-19-15(11-22-17)9-16(21)18-14(4-2)10-20/h5-8,11,14,20H,3-4,9-10H2,1-2H3,(H,18,21). The van der Waals surface area contributed by atoms with Gasteiger partial charge in [-0.25, -0.2) is 4.98 Å². The first-order chi connectivity index (χ1) is 10.7. The topological polar surface area (TPSA) is 62.2 Å². The number of aliphatic hydroxyl groups is 1. The lowest BCUT2D eigenvalue weighted by Crippen LogP contribution is -2.37. The molecule has 5 heteroatoms. The molecule has 0 aliphatic carbocycles. The highest BCUT2D eigenvalue weighted by molar-refractivity contribution is 7.13. The highest BCUT2D eigenvalue weighted by Crippen LogP contribution is 2.24. The summed E-state index contributed by atoms with van der Waals surface area (Å²) in [7, 11) is 0. The van der Waals surface area contributed by atoms with E-state index < -0.39 is 0 Å². The van der Waals surface area contributed by atoms with Gasteiger partial charge in [-0.15, -0.1) is 11.3 Å². The highest BCUT2D eigenvalue weighted by atomic mass is 32.1. The van der Waals surface area contributed by atoms with Crippen molar-refractivity contribution in [2.45, 2.75) is 39.2 Å². The van der Waals surface area contributed by atoms with Crippen molar-refractivity contribution in [3.8, 4) is 10.6 Å². The smallest absolute Gasteiger partial charge is 0.226 e. The second-order valence-electron chi connectivity index (χ2n) is 5.23. The van der Waals surface area contributed by atoms with Gasteiger partial charge >= 0.3 is 0 Å². The average Bonchev–Trinajstić information content (AvgIpc) is 3.01. The molecule has 0 spiro atoms. The van der Waals surface area contributed by atoms with E-state index in [0.717, 1.165) is 22.7 Å². The molecule has 0 aliphatic rings. The third-order valence-corrected chi connectivity index (χ3v) is 4.52. The van der Waals surface area contributed by atoms with Crippen LogP contribution < -0.4 is 5.32 Å². The Labute approximate surface area is 135 Å². The summed E-state index contributed by atoms with van der Waals surface area (Å²) in [6, 6.07) is 8.18. The van der Waals surface area contributed by atoms with Gasteiger partial charge in [0, 0.05) is 10.9 Å². The molecular formula is C17H22N2O2S. The lowest BCUT2D eigenvalue weighted by atomic mass is 10.1. The maximum absolute atomic E-state index is 11.9. The van der Waals surface area contributed by atoms with Gasteiger partial charge in [0.1, 0.15) is 5.01 Å². The Balaban J connectivity index is 2.00. The second-order valence-corrected chi connectivity index (χ2v) is 6.08. The maximum Gasteiger partial charge on any atom is 0.226 e. The molecule has 1 amide bonds. The third kappa shape index (κ3) is 4.39. The van der Waals surface area contributed by atoms with Crippen LogP contribution in [-0.2, 0) is 17.6 Å². The number of benzene rings is 1. The zero-order valence-electron chi connectivity index (χ0n) is 13.0. The van der Waals surface area contributed by atoms with Crippen LogP contribution >= 0.6 is 11.3 Å². The number of carbonyl (C=O) groups excluding carboxylic acids is 1. The van der Waals surface area contributed by atoms with Crippen LogP contribution in [0.4, 0.5) is 0 Å². The Hall–Kier alpha value is -1.72. The van der Waals surface area contributed by atoms with Crippen LogP contribution in [-0.4, -0.2) is 28.6 Å². The van der Waals surface area contributed by atoms with E-state index in [2.05, 4.69) is 41.5 Å². The average molecular weight is 318 g/mol. The molecule has 22 heavy (non-hydrogen) atoms. The first-order valence-corrected chi connectivity index (χ1v) is 8.48. The third-order valence-electron chi connectivity index (χ3n) is 3.58. The molecule has 2 N–H and O–H groups in total. The lowest BCUT2D eigenvalue weighted by Gasteiger charge is -2.13. The van der Waals surface area contributed by atoms with E-state index in [1.54, 1.807) is 11.3 Å². The van der Waals surface area contributed by atoms with Gasteiger partial charge in [0.25, 0.3) is 0 Å². The second kappa shape index (κ2) is 8.06. The van der Waals surface area contributed by atoms with Gasteiger partial charge in [0.2, 0.25) is 5.91 Å². The Bertz CT molecular complexity index is 603. The summed E-state index contributed by atoms with van der Waals surface area (Å²) in [5, 5.41) is 14.8. The first kappa shape index (κ1) is 16.6. The fourth-order valence-corrected chi connectivity index (χ4v) is 2.95. The van der Waals surface area contributed by atoms with E-state index in [4.69, 9.17) is 5.11 Å². The number of aryl methyl sites for hydroxylation is 1. The minimum absolute atomic E-state index is 0.0334. The maximum atomic E-state index is 11.9. The van der Waals surface area contributed by atoms with Crippen LogP contribution in [0.1, 0.15) is 31.5 Å². The van der Waals surface area contributed by atoms with Gasteiger partial charge < -0.3 is 10.4 Å². The van der Waals surface area contributed by atoms with E-state index in [0.29, 0.717) is 6.42 Å². The van der Waals surface area contributed by atoms with Gasteiger partial charge in [-0.3, -0.25) is 4.79 Å². The predicted molar refractivity (Wildman–Crippen MR) is 89.9 cm³/mol. The van der Waals surface area contributed by atoms with Gasteiger partial charge in [-0.2, -0.15) is 0 Å². The van der Waals surface area contributed by atoms with E-state index >= 15 is 0 Å². The number of rotatable bonds is 7. The summed E-state index contributed by atoms with van der Waals surface area (Å²) in [5.74, 6) is -0.0981. The fraction of sp³-hybridized carbons (Fsp3) is 0.412. The number of aliphatic hydroxyl groups excluding tert-OH is 1. The number of nitrogens with one attached hydrogen (secondary N) is 1. The summed E-state index contributed by atoms with van der Waals surface area (Å²) >= 11 is 1.55. The molecule has 0 saturated carbocycles. The lowest BCUT2D eigenvalue weighted by molar-refractivity contribution is -0.121. The zero-order chi connectivity index (χ0) is 15.9. The molecule has 1 aromatic carbocycles. The molecule has 0 radical (unpaired) electrons. The number of nitrogens with zero attached hydrogens (tertiary/aromatic N) is 1. The molecule has 2 aromatic rings. The molecule has 1 heterocycles. The molecule has 0 fully saturated rings. The molecule has 2 rings (SSSR count). The minimum atomic E-state index is -0.174. The minimum Gasteiger partial charge on any atom is -0.394 e. The highest BCUT2D eigenvalue weighted by Gasteiger charge is 2.12. The molecule has 118 valence electrons. The number of amides is 1. The Morgan fingerprint density at radius 1 is 1.32 bits per heavy atom. The van der Waals surface area contributed by atoms with E-state index in [1.165, 1.54) is 5.56 Å². The Kier molecular flexibility index (Phi) is 6.10. The van der Waals surface area contributed by atoms with Crippen LogP contribution in [0.3, 0.4) is 0 Å². The van der Waals surface area contributed by atoms with Crippen molar-refractivity contribution in [3.05, 3.63) is 40.9 Å². The number of hydrogen-bond donors (Lipinski definition) is 2. The van der Waals surface area contributed by atoms with Crippen LogP contribution in [0.5, 0.6) is 0 Å². The van der Waals surface area contributed by atoms with Crippen LogP contribution in [0, 0.1) is 0 Å². The van der Waals surface area contributed by atoms with E-state index in [9.17, 15) is 4.79 Å². The van der Waals surface area contributed by atoms with Crippen molar-refractivity contribution >= 4 is 17.2 Å². The Morgan fingerprint density at radius 2 is 2.05 bits per heavy atom. The molecule has 1 unspecified atom stereocenters. The van der Waals surface area contributed by atoms with Crippen molar-refractivity contribution in [2.75, 3.05) is 6.61 Å². The molecule has 1 atom stereocenters. The summed E-state index contributed by atoms with van der Waals surface area (Å²) < 4.78 is 0. The molecule has 1 aromatic heterocycles. The van der Waals surface area contributed by atoms with Gasteiger partial charge in [0.15, 0.2) is 0 Å². The van der Waals surface area contributed by atoms with Crippen LogP contribution in [0.25, 0.3) is 10.6 Å². The summed E-state index contributed by atoms with van der Waals surface area (Å²) in [6.07, 6.45) is 1.99. The van der Waals surface area contributed by atoms with Gasteiger partial charge in [-0.05, 0) is 18.4 Å². The molecule has 0 saturated heterocycles. The van der Waals surface area contributed by atoms with E-state index in [1.807, 2.05) is 12.3 Å². The summed E-state index contributed by atoms with van der Waals surface area (Å²) in [5.41, 5.74) is 3.15. The molecule has 0 aliphatic heterocycles. The normalized spacial score (nSPS) is 12.1.